The molecule has 3 nitrogen and oxygen atoms in total. The number of carbonyl (C=O) groups excluding carboxylic acids is 1. The van der Waals surface area contributed by atoms with Crippen molar-refractivity contribution in [3.63, 3.8) is 0 Å². The molecule has 0 spiro atoms. The smallest absolute Gasteiger partial charge is 0.410 e. The molecule has 1 aliphatic heterocycles. The van der Waals surface area contributed by atoms with Crippen LogP contribution in [0.15, 0.2) is 12.7 Å². The number of rotatable bonds is 2. The van der Waals surface area contributed by atoms with Gasteiger partial charge in [-0.25, -0.2) is 4.79 Å². The monoisotopic (exact) mass is 239 g/mol. The summed E-state index contributed by atoms with van der Waals surface area (Å²) < 4.78 is 5.44. The fourth-order valence-corrected chi connectivity index (χ4v) is 2.42. The molecule has 17 heavy (non-hydrogen) atoms. The van der Waals surface area contributed by atoms with Gasteiger partial charge in [-0.1, -0.05) is 6.08 Å². The van der Waals surface area contributed by atoms with E-state index < -0.39 is 5.60 Å². The Hall–Kier alpha value is -0.990. The predicted molar refractivity (Wildman–Crippen MR) is 69.9 cm³/mol. The van der Waals surface area contributed by atoms with Crippen LogP contribution in [0, 0.1) is 5.92 Å². The minimum atomic E-state index is -0.427. The summed E-state index contributed by atoms with van der Waals surface area (Å²) in [6.45, 7) is 14.4. The average Bonchev–Trinajstić information content (AvgIpc) is 2.38. The van der Waals surface area contributed by atoms with Crippen LogP contribution in [0.4, 0.5) is 4.79 Å². The lowest BCUT2D eigenvalue weighted by Crippen LogP contribution is -2.45. The van der Waals surface area contributed by atoms with Gasteiger partial charge in [0, 0.05) is 12.1 Å². The highest BCUT2D eigenvalue weighted by Crippen LogP contribution is 2.35. The molecule has 0 saturated carbocycles. The summed E-state index contributed by atoms with van der Waals surface area (Å²) >= 11 is 0. The summed E-state index contributed by atoms with van der Waals surface area (Å²) in [5, 5.41) is 0. The molecule has 0 aromatic carbocycles. The van der Waals surface area contributed by atoms with Gasteiger partial charge in [0.1, 0.15) is 5.60 Å². The van der Waals surface area contributed by atoms with Crippen molar-refractivity contribution in [2.45, 2.75) is 58.6 Å². The van der Waals surface area contributed by atoms with Crippen molar-refractivity contribution in [2.24, 2.45) is 5.92 Å². The third-order valence-corrected chi connectivity index (χ3v) is 3.07. The number of carbonyl (C=O) groups is 1. The van der Waals surface area contributed by atoms with Crippen LogP contribution in [-0.2, 0) is 4.74 Å². The van der Waals surface area contributed by atoms with E-state index in [1.165, 1.54) is 0 Å². The number of hydrogen-bond acceptors (Lipinski definition) is 2. The molecular weight excluding hydrogens is 214 g/mol. The summed E-state index contributed by atoms with van der Waals surface area (Å²) in [6, 6.07) is 0. The van der Waals surface area contributed by atoms with E-state index in [4.69, 9.17) is 4.74 Å². The second kappa shape index (κ2) is 4.71. The van der Waals surface area contributed by atoms with Crippen LogP contribution < -0.4 is 0 Å². The van der Waals surface area contributed by atoms with E-state index in [0.717, 1.165) is 19.4 Å². The first kappa shape index (κ1) is 14.1. The molecule has 98 valence electrons. The van der Waals surface area contributed by atoms with Gasteiger partial charge >= 0.3 is 6.09 Å². The number of hydrogen-bond donors (Lipinski definition) is 0. The molecule has 0 aromatic rings. The van der Waals surface area contributed by atoms with E-state index >= 15 is 0 Å². The summed E-state index contributed by atoms with van der Waals surface area (Å²) in [4.78, 5) is 14.0. The second-order valence-corrected chi connectivity index (χ2v) is 6.50. The Morgan fingerprint density at radius 2 is 2.12 bits per heavy atom. The van der Waals surface area contributed by atoms with E-state index in [-0.39, 0.29) is 11.6 Å². The molecule has 1 rings (SSSR count). The first-order valence-corrected chi connectivity index (χ1v) is 6.27. The van der Waals surface area contributed by atoms with Gasteiger partial charge in [0.15, 0.2) is 0 Å². The third kappa shape index (κ3) is 3.76. The topological polar surface area (TPSA) is 29.5 Å². The first-order chi connectivity index (χ1) is 7.65. The molecule has 0 aromatic heterocycles. The molecule has 1 saturated heterocycles. The third-order valence-electron chi connectivity index (χ3n) is 3.07. The number of amides is 1. The Balaban J connectivity index is 2.70. The zero-order valence-corrected chi connectivity index (χ0v) is 11.7. The zero-order chi connectivity index (χ0) is 13.3. The zero-order valence-electron chi connectivity index (χ0n) is 11.7. The molecule has 1 heterocycles. The number of allylic oxidation sites excluding steroid dienone is 1. The lowest BCUT2D eigenvalue weighted by atomic mass is 9.94. The minimum Gasteiger partial charge on any atom is -0.444 e. The second-order valence-electron chi connectivity index (χ2n) is 6.50. The van der Waals surface area contributed by atoms with Crippen molar-refractivity contribution in [1.82, 2.24) is 4.90 Å². The summed E-state index contributed by atoms with van der Waals surface area (Å²) in [6.07, 6.45) is 3.70. The maximum Gasteiger partial charge on any atom is 0.410 e. The van der Waals surface area contributed by atoms with Crippen molar-refractivity contribution in [3.05, 3.63) is 12.7 Å². The SMILES string of the molecule is C=CC[C@@H]1CN(C(=O)OC(C)(C)C)C(C)(C)C1. The molecular formula is C14H25NO2. The summed E-state index contributed by atoms with van der Waals surface area (Å²) in [7, 11) is 0. The molecule has 0 bridgehead atoms. The molecule has 0 unspecified atom stereocenters. The number of ether oxygens (including phenoxy) is 1. The van der Waals surface area contributed by atoms with Gasteiger partial charge in [-0.2, -0.15) is 0 Å². The molecule has 0 radical (unpaired) electrons. The highest BCUT2D eigenvalue weighted by Gasteiger charge is 2.42. The fourth-order valence-electron chi connectivity index (χ4n) is 2.42. The Morgan fingerprint density at radius 1 is 1.53 bits per heavy atom. The van der Waals surface area contributed by atoms with Crippen LogP contribution in [0.1, 0.15) is 47.5 Å². The largest absolute Gasteiger partial charge is 0.444 e. The van der Waals surface area contributed by atoms with Crippen molar-refractivity contribution in [2.75, 3.05) is 6.54 Å². The molecule has 0 aliphatic carbocycles. The Bertz CT molecular complexity index is 302. The van der Waals surface area contributed by atoms with Crippen molar-refractivity contribution < 1.29 is 9.53 Å². The van der Waals surface area contributed by atoms with Gasteiger partial charge in [0.25, 0.3) is 0 Å². The van der Waals surface area contributed by atoms with E-state index in [1.807, 2.05) is 31.7 Å². The highest BCUT2D eigenvalue weighted by molar-refractivity contribution is 5.69. The summed E-state index contributed by atoms with van der Waals surface area (Å²) in [5.41, 5.74) is -0.542. The first-order valence-electron chi connectivity index (χ1n) is 6.27. The molecule has 1 amide bonds. The highest BCUT2D eigenvalue weighted by atomic mass is 16.6. The Kier molecular flexibility index (Phi) is 3.90. The molecule has 1 fully saturated rings. The van der Waals surface area contributed by atoms with Gasteiger partial charge < -0.3 is 9.64 Å². The van der Waals surface area contributed by atoms with Crippen LogP contribution in [0.3, 0.4) is 0 Å². The number of nitrogens with zero attached hydrogens (tertiary/aromatic N) is 1. The summed E-state index contributed by atoms with van der Waals surface area (Å²) in [5.74, 6) is 0.509. The van der Waals surface area contributed by atoms with Gasteiger partial charge in [-0.05, 0) is 53.4 Å². The normalized spacial score (nSPS) is 23.6. The molecule has 1 aliphatic rings. The fraction of sp³-hybridized carbons (Fsp3) is 0.786. The maximum absolute atomic E-state index is 12.1. The number of likely N-dealkylation sites (tertiary alicyclic amines) is 1. The van der Waals surface area contributed by atoms with Gasteiger partial charge in [-0.15, -0.1) is 6.58 Å². The van der Waals surface area contributed by atoms with Gasteiger partial charge in [-0.3, -0.25) is 0 Å². The van der Waals surface area contributed by atoms with E-state index in [9.17, 15) is 4.79 Å². The Labute approximate surface area is 105 Å². The van der Waals surface area contributed by atoms with Gasteiger partial charge in [0.2, 0.25) is 0 Å². The molecule has 1 atom stereocenters. The predicted octanol–water partition coefficient (Wildman–Crippen LogP) is 3.60. The van der Waals surface area contributed by atoms with E-state index in [0.29, 0.717) is 5.92 Å². The van der Waals surface area contributed by atoms with Crippen molar-refractivity contribution in [3.8, 4) is 0 Å². The maximum atomic E-state index is 12.1. The lowest BCUT2D eigenvalue weighted by Gasteiger charge is -2.33. The van der Waals surface area contributed by atoms with Gasteiger partial charge in [0.05, 0.1) is 0 Å². The van der Waals surface area contributed by atoms with E-state index in [1.54, 1.807) is 0 Å². The van der Waals surface area contributed by atoms with Crippen molar-refractivity contribution >= 4 is 6.09 Å². The minimum absolute atomic E-state index is 0.115. The van der Waals surface area contributed by atoms with Crippen molar-refractivity contribution in [1.29, 1.82) is 0 Å². The van der Waals surface area contributed by atoms with Crippen LogP contribution in [-0.4, -0.2) is 28.7 Å². The molecule has 3 heteroatoms. The van der Waals surface area contributed by atoms with Crippen LogP contribution in [0.5, 0.6) is 0 Å². The van der Waals surface area contributed by atoms with Crippen LogP contribution in [0.2, 0.25) is 0 Å². The quantitative estimate of drug-likeness (QED) is 0.689. The Morgan fingerprint density at radius 3 is 2.59 bits per heavy atom. The standard InChI is InChI=1S/C14H25NO2/c1-7-8-11-9-14(5,6)15(10-11)12(16)17-13(2,3)4/h7,11H,1,8-10H2,2-6H3/t11-/m0/s1. The molecule has 0 N–H and O–H groups in total. The van der Waals surface area contributed by atoms with Crippen LogP contribution in [0.25, 0.3) is 0 Å². The van der Waals surface area contributed by atoms with Crippen LogP contribution >= 0.6 is 0 Å². The van der Waals surface area contributed by atoms with E-state index in [2.05, 4.69) is 20.4 Å². The average molecular weight is 239 g/mol. The lowest BCUT2D eigenvalue weighted by molar-refractivity contribution is 0.0131.